The van der Waals surface area contributed by atoms with Crippen LogP contribution in [0.3, 0.4) is 0 Å². The first-order valence-electron chi connectivity index (χ1n) is 10.3. The number of carbonyl (C=O) groups is 2. The van der Waals surface area contributed by atoms with Crippen LogP contribution in [-0.2, 0) is 29.8 Å². The van der Waals surface area contributed by atoms with Crippen LogP contribution in [0.5, 0.6) is 0 Å². The fraction of sp³-hybridized carbons (Fsp3) is 0.900. The highest BCUT2D eigenvalue weighted by Gasteiger charge is 2.66. The zero-order chi connectivity index (χ0) is 23.0. The van der Waals surface area contributed by atoms with Crippen molar-refractivity contribution < 1.29 is 35.5 Å². The fourth-order valence-electron chi connectivity index (χ4n) is 6.84. The lowest BCUT2D eigenvalue weighted by Gasteiger charge is -2.35. The van der Waals surface area contributed by atoms with E-state index in [-0.39, 0.29) is 34.2 Å². The number of hydrogen-bond donors (Lipinski definition) is 2. The smallest absolute Gasteiger partial charge is 0.265 e. The Bertz CT molecular complexity index is 898. The number of Topliss-reactive ketones (excluding diaryl/α,β-unsaturated/α-hetero) is 2. The van der Waals surface area contributed by atoms with Gasteiger partial charge in [0.05, 0.1) is 22.3 Å². The minimum absolute atomic E-state index is 0.0152. The number of hydrogen-bond acceptors (Lipinski definition) is 6. The zero-order valence-electron chi connectivity index (χ0n) is 18.0. The van der Waals surface area contributed by atoms with Crippen molar-refractivity contribution in [2.24, 2.45) is 33.5 Å². The third kappa shape index (κ3) is 3.47. The standard InChI is InChI=1S/2C10H16O4S/c2*1-9(2)7-3-4-10(9,8(11)5-7)6-15(12,13)14/h2*7H,3-6H2,1-2H3,(H,12,13,14)/t7?,10-;/m1./s1. The molecule has 0 saturated heterocycles. The second-order valence-corrected chi connectivity index (χ2v) is 13.7. The maximum absolute atomic E-state index is 11.9. The average Bonchev–Trinajstić information content (AvgIpc) is 3.05. The Kier molecular flexibility index (Phi) is 5.42. The molecule has 172 valence electrons. The molecule has 4 fully saturated rings. The minimum atomic E-state index is -4.08. The summed E-state index contributed by atoms with van der Waals surface area (Å²) in [5.74, 6) is -0.203. The molecule has 30 heavy (non-hydrogen) atoms. The van der Waals surface area contributed by atoms with Crippen LogP contribution in [0.15, 0.2) is 0 Å². The molecule has 4 atom stereocenters. The highest BCUT2D eigenvalue weighted by atomic mass is 32.2. The van der Waals surface area contributed by atoms with Gasteiger partial charge in [0.2, 0.25) is 0 Å². The number of carbonyl (C=O) groups excluding carboxylic acids is 2. The third-order valence-electron chi connectivity index (χ3n) is 9.14. The molecule has 0 heterocycles. The van der Waals surface area contributed by atoms with Gasteiger partial charge in [-0.2, -0.15) is 16.8 Å². The number of rotatable bonds is 4. The largest absolute Gasteiger partial charge is 0.299 e. The fourth-order valence-corrected chi connectivity index (χ4v) is 9.44. The Morgan fingerprint density at radius 3 is 1.20 bits per heavy atom. The molecule has 4 aliphatic rings. The third-order valence-corrected chi connectivity index (χ3v) is 10.9. The van der Waals surface area contributed by atoms with E-state index in [1.807, 2.05) is 27.7 Å². The first-order chi connectivity index (χ1) is 13.4. The second-order valence-electron chi connectivity index (χ2n) is 10.8. The summed E-state index contributed by atoms with van der Waals surface area (Å²) in [6.45, 7) is 7.78. The lowest BCUT2D eigenvalue weighted by atomic mass is 9.70. The van der Waals surface area contributed by atoms with Crippen molar-refractivity contribution in [1.82, 2.24) is 0 Å². The first-order valence-corrected chi connectivity index (χ1v) is 13.6. The summed E-state index contributed by atoms with van der Waals surface area (Å²) in [6.07, 6.45) is 3.94. The second kappa shape index (κ2) is 6.83. The van der Waals surface area contributed by atoms with E-state index in [4.69, 9.17) is 9.11 Å². The van der Waals surface area contributed by atoms with E-state index in [0.29, 0.717) is 25.7 Å². The van der Waals surface area contributed by atoms with Gasteiger partial charge in [-0.3, -0.25) is 18.7 Å². The van der Waals surface area contributed by atoms with Crippen LogP contribution in [0.2, 0.25) is 0 Å². The monoisotopic (exact) mass is 464 g/mol. The number of fused-ring (bicyclic) bond motifs is 4. The lowest BCUT2D eigenvalue weighted by Crippen LogP contribution is -2.42. The van der Waals surface area contributed by atoms with Crippen LogP contribution in [0.4, 0.5) is 0 Å². The Balaban J connectivity index is 0.000000171. The number of ketones is 2. The van der Waals surface area contributed by atoms with Gasteiger partial charge < -0.3 is 0 Å². The van der Waals surface area contributed by atoms with Gasteiger partial charge in [-0.15, -0.1) is 0 Å². The SMILES string of the molecule is CC1(C)C2CCC1(CS(=O)(=O)O)C(=O)C2.CC1(C)C2CC[C@@]1(CS(=O)(=O)O)C(=O)C2. The predicted molar refractivity (Wildman–Crippen MR) is 110 cm³/mol. The Morgan fingerprint density at radius 1 is 0.733 bits per heavy atom. The van der Waals surface area contributed by atoms with Crippen molar-refractivity contribution in [1.29, 1.82) is 0 Å². The van der Waals surface area contributed by atoms with Crippen LogP contribution in [-0.4, -0.2) is 49.0 Å². The van der Waals surface area contributed by atoms with Crippen molar-refractivity contribution in [3.8, 4) is 0 Å². The molecule has 0 aromatic carbocycles. The molecule has 4 aliphatic carbocycles. The quantitative estimate of drug-likeness (QED) is 0.604. The van der Waals surface area contributed by atoms with Gasteiger partial charge >= 0.3 is 0 Å². The maximum Gasteiger partial charge on any atom is 0.265 e. The zero-order valence-corrected chi connectivity index (χ0v) is 19.6. The summed E-state index contributed by atoms with van der Waals surface area (Å²) in [5, 5.41) is 0. The van der Waals surface area contributed by atoms with Crippen LogP contribution in [0.25, 0.3) is 0 Å². The molecule has 0 aliphatic heterocycles. The van der Waals surface area contributed by atoms with Crippen LogP contribution < -0.4 is 0 Å². The van der Waals surface area contributed by atoms with Crippen molar-refractivity contribution >= 4 is 31.8 Å². The molecule has 4 saturated carbocycles. The van der Waals surface area contributed by atoms with Gasteiger partial charge in [0.15, 0.2) is 0 Å². The highest BCUT2D eigenvalue weighted by Crippen LogP contribution is 2.65. The molecule has 0 aromatic rings. The van der Waals surface area contributed by atoms with E-state index in [0.717, 1.165) is 12.8 Å². The van der Waals surface area contributed by atoms with Crippen molar-refractivity contribution in [2.75, 3.05) is 11.5 Å². The summed E-state index contributed by atoms with van der Waals surface area (Å²) >= 11 is 0. The highest BCUT2D eigenvalue weighted by molar-refractivity contribution is 7.86. The van der Waals surface area contributed by atoms with Crippen LogP contribution >= 0.6 is 0 Å². The van der Waals surface area contributed by atoms with Crippen LogP contribution in [0.1, 0.15) is 66.2 Å². The van der Waals surface area contributed by atoms with Gasteiger partial charge in [-0.05, 0) is 48.3 Å². The van der Waals surface area contributed by atoms with Crippen molar-refractivity contribution in [3.63, 3.8) is 0 Å². The van der Waals surface area contributed by atoms with Crippen molar-refractivity contribution in [3.05, 3.63) is 0 Å². The lowest BCUT2D eigenvalue weighted by molar-refractivity contribution is -0.128. The molecule has 8 nitrogen and oxygen atoms in total. The van der Waals surface area contributed by atoms with E-state index in [1.54, 1.807) is 0 Å². The summed E-state index contributed by atoms with van der Waals surface area (Å²) < 4.78 is 62.0. The molecule has 2 N–H and O–H groups in total. The van der Waals surface area contributed by atoms with Crippen LogP contribution in [0, 0.1) is 33.5 Å². The maximum atomic E-state index is 11.9. The van der Waals surface area contributed by atoms with Gasteiger partial charge in [0.25, 0.3) is 20.2 Å². The van der Waals surface area contributed by atoms with Crippen molar-refractivity contribution in [2.45, 2.75) is 66.2 Å². The van der Waals surface area contributed by atoms with Gasteiger partial charge in [-0.25, -0.2) is 0 Å². The molecule has 3 unspecified atom stereocenters. The minimum Gasteiger partial charge on any atom is -0.299 e. The topological polar surface area (TPSA) is 143 Å². The van der Waals surface area contributed by atoms with E-state index in [9.17, 15) is 26.4 Å². The Labute approximate surface area is 178 Å². The average molecular weight is 465 g/mol. The summed E-state index contributed by atoms with van der Waals surface area (Å²) in [4.78, 5) is 23.8. The summed E-state index contributed by atoms with van der Waals surface area (Å²) in [5.41, 5.74) is -2.24. The molecule has 4 rings (SSSR count). The first kappa shape index (κ1) is 23.8. The van der Waals surface area contributed by atoms with Gasteiger partial charge in [0, 0.05) is 12.8 Å². The Hall–Kier alpha value is -0.840. The summed E-state index contributed by atoms with van der Waals surface area (Å²) in [7, 11) is -8.15. The molecule has 0 radical (unpaired) electrons. The Morgan fingerprint density at radius 2 is 1.03 bits per heavy atom. The molecule has 0 spiro atoms. The molecular formula is C20H32O8S2. The van der Waals surface area contributed by atoms with E-state index < -0.39 is 42.6 Å². The van der Waals surface area contributed by atoms with E-state index in [1.165, 1.54) is 0 Å². The molecule has 0 aromatic heterocycles. The molecule has 4 bridgehead atoms. The van der Waals surface area contributed by atoms with E-state index >= 15 is 0 Å². The molecular weight excluding hydrogens is 432 g/mol. The summed E-state index contributed by atoms with van der Waals surface area (Å²) in [6, 6.07) is 0. The van der Waals surface area contributed by atoms with Gasteiger partial charge in [0.1, 0.15) is 11.6 Å². The normalized spacial score (nSPS) is 38.6. The van der Waals surface area contributed by atoms with E-state index in [2.05, 4.69) is 0 Å². The van der Waals surface area contributed by atoms with Gasteiger partial charge in [-0.1, -0.05) is 27.7 Å². The molecule has 0 amide bonds. The molecule has 10 heteroatoms. The predicted octanol–water partition coefficient (Wildman–Crippen LogP) is 2.54.